The first-order valence-electron chi connectivity index (χ1n) is 17.8. The van der Waals surface area contributed by atoms with Gasteiger partial charge in [-0.2, -0.15) is 0 Å². The van der Waals surface area contributed by atoms with Gasteiger partial charge in [0.15, 0.2) is 11.5 Å². The molecule has 0 spiro atoms. The van der Waals surface area contributed by atoms with Crippen molar-refractivity contribution in [1.82, 2.24) is 5.32 Å². The highest BCUT2D eigenvalue weighted by Gasteiger charge is 2.42. The number of rotatable bonds is 11. The van der Waals surface area contributed by atoms with Crippen molar-refractivity contribution >= 4 is 35.2 Å². The summed E-state index contributed by atoms with van der Waals surface area (Å²) in [6.07, 6.45) is -3.35. The SMILES string of the molecule is [2H]C([2H])([2H])Oc1ccc(C([2H])([2H])C([2H])([2H])NC(=O)C[C@H]2S[C@@H](c3ccc(C#Cc4ccccc4)cc3)N(c3cccc(C(N)=O)c3)C2=O)cc1OCC. The molecular weight excluding hydrogens is 598 g/mol. The van der Waals surface area contributed by atoms with Gasteiger partial charge in [-0.3, -0.25) is 19.3 Å². The maximum atomic E-state index is 14.0. The molecule has 4 aromatic rings. The van der Waals surface area contributed by atoms with Gasteiger partial charge >= 0.3 is 0 Å². The summed E-state index contributed by atoms with van der Waals surface area (Å²) >= 11 is 1.15. The van der Waals surface area contributed by atoms with E-state index >= 15 is 0 Å². The van der Waals surface area contributed by atoms with E-state index in [0.717, 1.165) is 41.1 Å². The molecule has 2 atom stereocenters. The van der Waals surface area contributed by atoms with Crippen LogP contribution in [0.25, 0.3) is 0 Å². The molecule has 0 aliphatic carbocycles. The van der Waals surface area contributed by atoms with Gasteiger partial charge in [-0.25, -0.2) is 0 Å². The molecule has 8 nitrogen and oxygen atoms in total. The average Bonchev–Trinajstić information content (AvgIpc) is 3.42. The molecule has 46 heavy (non-hydrogen) atoms. The second-order valence-electron chi connectivity index (χ2n) is 10.0. The van der Waals surface area contributed by atoms with Crippen molar-refractivity contribution in [3.05, 3.63) is 125 Å². The van der Waals surface area contributed by atoms with Gasteiger partial charge in [0, 0.05) is 40.8 Å². The van der Waals surface area contributed by atoms with Crippen LogP contribution >= 0.6 is 11.8 Å². The summed E-state index contributed by atoms with van der Waals surface area (Å²) in [6.45, 7) is -1.30. The molecule has 1 fully saturated rings. The number of carbonyl (C=O) groups excluding carboxylic acids is 3. The van der Waals surface area contributed by atoms with Gasteiger partial charge in [-0.05, 0) is 79.0 Å². The van der Waals surface area contributed by atoms with Crippen molar-refractivity contribution in [3.8, 4) is 23.3 Å². The van der Waals surface area contributed by atoms with Crippen molar-refractivity contribution < 1.29 is 33.5 Å². The molecule has 4 aromatic carbocycles. The lowest BCUT2D eigenvalue weighted by molar-refractivity contribution is -0.124. The van der Waals surface area contributed by atoms with E-state index in [9.17, 15) is 14.4 Å². The molecule has 5 rings (SSSR count). The van der Waals surface area contributed by atoms with Crippen LogP contribution in [0.3, 0.4) is 0 Å². The molecule has 1 saturated heterocycles. The van der Waals surface area contributed by atoms with E-state index < -0.39 is 54.7 Å². The minimum Gasteiger partial charge on any atom is -0.493 e. The standard InChI is InChI=1S/C37H35N3O5S/c1-3-45-32-22-27(16-19-31(32)44-2)20-21-39-34(41)24-33-36(43)40(30-11-7-10-29(23-30)35(38)42)37(46-33)28-17-14-26(15-18-28)13-12-25-8-5-4-6-9-25/h4-11,14-19,22-23,33,37H,3,20-21,24H2,1-2H3,(H2,38,42)(H,39,41)/t33-,37+/m1/s1/i2D3,20D2,21D2. The highest BCUT2D eigenvalue weighted by Crippen LogP contribution is 2.46. The molecule has 0 unspecified atom stereocenters. The number of nitrogens with one attached hydrogen (secondary N) is 1. The molecule has 234 valence electrons. The van der Waals surface area contributed by atoms with Crippen LogP contribution in [0, 0.1) is 11.8 Å². The summed E-state index contributed by atoms with van der Waals surface area (Å²) in [7, 11) is -2.81. The topological polar surface area (TPSA) is 111 Å². The van der Waals surface area contributed by atoms with Crippen LogP contribution in [-0.2, 0) is 16.0 Å². The van der Waals surface area contributed by atoms with Crippen molar-refractivity contribution in [1.29, 1.82) is 0 Å². The zero-order valence-corrected chi connectivity index (χ0v) is 25.6. The molecule has 0 bridgehead atoms. The fourth-order valence-electron chi connectivity index (χ4n) is 4.71. The normalized spacial score (nSPS) is 18.7. The van der Waals surface area contributed by atoms with E-state index in [1.165, 1.54) is 17.0 Å². The number of aryl methyl sites for hydroxylation is 1. The molecule has 0 saturated carbocycles. The van der Waals surface area contributed by atoms with Crippen LogP contribution in [0.4, 0.5) is 5.69 Å². The van der Waals surface area contributed by atoms with Gasteiger partial charge in [-0.1, -0.05) is 54.3 Å². The van der Waals surface area contributed by atoms with Crippen molar-refractivity contribution in [2.24, 2.45) is 5.73 Å². The number of nitrogens with two attached hydrogens (primary N) is 1. The molecular formula is C37H35N3O5S. The quantitative estimate of drug-likeness (QED) is 0.210. The summed E-state index contributed by atoms with van der Waals surface area (Å²) in [5.74, 6) is 3.78. The van der Waals surface area contributed by atoms with E-state index in [2.05, 4.69) is 17.2 Å². The largest absolute Gasteiger partial charge is 0.493 e. The molecule has 0 aromatic heterocycles. The molecule has 9 heteroatoms. The third kappa shape index (κ3) is 7.89. The number of benzene rings is 4. The van der Waals surface area contributed by atoms with E-state index in [4.69, 9.17) is 24.8 Å². The predicted octanol–water partition coefficient (Wildman–Crippen LogP) is 5.49. The third-order valence-electron chi connectivity index (χ3n) is 6.90. The Hall–Kier alpha value is -5.20. The number of ether oxygens (including phenoxy) is 2. The summed E-state index contributed by atoms with van der Waals surface area (Å²) in [4.78, 5) is 40.8. The number of hydrogen-bond acceptors (Lipinski definition) is 6. The second kappa shape index (κ2) is 15.2. The number of amides is 3. The number of carbonyl (C=O) groups is 3. The first-order valence-corrected chi connectivity index (χ1v) is 15.3. The van der Waals surface area contributed by atoms with Crippen molar-refractivity contribution in [2.45, 2.75) is 30.3 Å². The number of hydrogen-bond donors (Lipinski definition) is 2. The first kappa shape index (κ1) is 24.1. The Bertz CT molecular complexity index is 2050. The molecule has 1 aliphatic heterocycles. The Morgan fingerprint density at radius 2 is 1.74 bits per heavy atom. The lowest BCUT2D eigenvalue weighted by atomic mass is 10.1. The predicted molar refractivity (Wildman–Crippen MR) is 181 cm³/mol. The molecule has 1 aliphatic rings. The molecule has 1 heterocycles. The Kier molecular flexibility index (Phi) is 7.95. The van der Waals surface area contributed by atoms with Crippen LogP contribution in [0.1, 0.15) is 60.9 Å². The van der Waals surface area contributed by atoms with Crippen LogP contribution in [-0.4, -0.2) is 43.1 Å². The van der Waals surface area contributed by atoms with Crippen LogP contribution in [0.5, 0.6) is 11.5 Å². The van der Waals surface area contributed by atoms with Crippen molar-refractivity contribution in [3.63, 3.8) is 0 Å². The number of primary amides is 1. The van der Waals surface area contributed by atoms with E-state index in [1.54, 1.807) is 19.1 Å². The Balaban J connectivity index is 1.38. The van der Waals surface area contributed by atoms with E-state index in [-0.39, 0.29) is 29.2 Å². The summed E-state index contributed by atoms with van der Waals surface area (Å²) in [5, 5.41) is 0.438. The summed E-state index contributed by atoms with van der Waals surface area (Å²) in [6, 6.07) is 26.3. The number of anilines is 1. The number of thioether (sulfide) groups is 1. The van der Waals surface area contributed by atoms with Gasteiger partial charge in [0.05, 0.1) is 23.0 Å². The minimum absolute atomic E-state index is 0.0812. The monoisotopic (exact) mass is 640 g/mol. The number of methoxy groups -OCH3 is 1. The zero-order chi connectivity index (χ0) is 38.6. The minimum atomic E-state index is -3.00. The maximum Gasteiger partial charge on any atom is 0.248 e. The van der Waals surface area contributed by atoms with Gasteiger partial charge in [0.1, 0.15) is 5.37 Å². The lowest BCUT2D eigenvalue weighted by Gasteiger charge is -2.24. The van der Waals surface area contributed by atoms with Crippen LogP contribution in [0.2, 0.25) is 0 Å². The van der Waals surface area contributed by atoms with E-state index in [0.29, 0.717) is 11.3 Å². The fraction of sp³-hybridized carbons (Fsp3) is 0.216. The van der Waals surface area contributed by atoms with Crippen molar-refractivity contribution in [2.75, 3.05) is 25.0 Å². The second-order valence-corrected chi connectivity index (χ2v) is 11.3. The first-order chi connectivity index (χ1) is 25.0. The average molecular weight is 641 g/mol. The molecule has 0 radical (unpaired) electrons. The van der Waals surface area contributed by atoms with Gasteiger partial charge in [0.2, 0.25) is 17.7 Å². The smallest absolute Gasteiger partial charge is 0.248 e. The van der Waals surface area contributed by atoms with Gasteiger partial charge in [0.25, 0.3) is 0 Å². The molecule has 3 N–H and O–H groups in total. The Labute approximate surface area is 283 Å². The Morgan fingerprint density at radius 1 is 0.978 bits per heavy atom. The molecule has 3 amide bonds. The Morgan fingerprint density at radius 3 is 2.46 bits per heavy atom. The zero-order valence-electron chi connectivity index (χ0n) is 31.8. The van der Waals surface area contributed by atoms with Crippen LogP contribution < -0.4 is 25.4 Å². The summed E-state index contributed by atoms with van der Waals surface area (Å²) in [5.41, 5.74) is 8.08. The lowest BCUT2D eigenvalue weighted by Crippen LogP contribution is -2.34. The highest BCUT2D eigenvalue weighted by atomic mass is 32.2. The van der Waals surface area contributed by atoms with Gasteiger partial charge < -0.3 is 20.5 Å². The number of nitrogens with zero attached hydrogens (tertiary/aromatic N) is 1. The summed E-state index contributed by atoms with van der Waals surface area (Å²) < 4.78 is 66.9. The van der Waals surface area contributed by atoms with E-state index in [1.807, 2.05) is 54.6 Å². The van der Waals surface area contributed by atoms with Crippen LogP contribution in [0.15, 0.2) is 97.1 Å². The highest BCUT2D eigenvalue weighted by molar-refractivity contribution is 8.01. The maximum absolute atomic E-state index is 14.0. The fourth-order valence-corrected chi connectivity index (χ4v) is 6.16. The third-order valence-corrected chi connectivity index (χ3v) is 8.34. The van der Waals surface area contributed by atoms with Gasteiger partial charge in [-0.15, -0.1) is 11.8 Å².